The van der Waals surface area contributed by atoms with Crippen LogP contribution in [-0.2, 0) is 4.79 Å². The maximum atomic E-state index is 12.1. The topological polar surface area (TPSA) is 47.6 Å². The highest BCUT2D eigenvalue weighted by Gasteiger charge is 2.29. The van der Waals surface area contributed by atoms with Gasteiger partial charge in [-0.3, -0.25) is 4.79 Å². The van der Waals surface area contributed by atoms with Crippen molar-refractivity contribution in [3.05, 3.63) is 52.0 Å². The Hall–Kier alpha value is -2.01. The maximum Gasteiger partial charge on any atom is 0.225 e. The van der Waals surface area contributed by atoms with Crippen molar-refractivity contribution in [1.29, 1.82) is 0 Å². The number of anilines is 1. The first-order valence-corrected chi connectivity index (χ1v) is 7.73. The number of amides is 1. The number of hydrogen-bond acceptors (Lipinski definition) is 3. The zero-order valence-electron chi connectivity index (χ0n) is 12.4. The lowest BCUT2D eigenvalue weighted by atomic mass is 9.84. The minimum atomic E-state index is -0.0147. The van der Waals surface area contributed by atoms with Crippen molar-refractivity contribution < 1.29 is 14.3 Å². The fraction of sp³-hybridized carbons (Fsp3) is 0.235. The summed E-state index contributed by atoms with van der Waals surface area (Å²) in [7, 11) is 3.19. The van der Waals surface area contributed by atoms with Gasteiger partial charge in [-0.25, -0.2) is 0 Å². The largest absolute Gasteiger partial charge is 0.493 e. The predicted octanol–water partition coefficient (Wildman–Crippen LogP) is 3.94. The molecule has 0 spiro atoms. The number of halogens is 1. The summed E-state index contributed by atoms with van der Waals surface area (Å²) < 4.78 is 11.7. The summed E-state index contributed by atoms with van der Waals surface area (Å²) in [5.41, 5.74) is 2.89. The summed E-state index contributed by atoms with van der Waals surface area (Å²) in [6.45, 7) is 0. The van der Waals surface area contributed by atoms with Gasteiger partial charge in [0.25, 0.3) is 0 Å². The van der Waals surface area contributed by atoms with Crippen molar-refractivity contribution in [3.63, 3.8) is 0 Å². The zero-order chi connectivity index (χ0) is 15.7. The van der Waals surface area contributed by atoms with Gasteiger partial charge in [0, 0.05) is 28.6 Å². The highest BCUT2D eigenvalue weighted by atomic mass is 79.9. The van der Waals surface area contributed by atoms with Crippen LogP contribution in [0, 0.1) is 0 Å². The van der Waals surface area contributed by atoms with E-state index in [-0.39, 0.29) is 11.8 Å². The van der Waals surface area contributed by atoms with Crippen molar-refractivity contribution in [2.75, 3.05) is 19.5 Å². The van der Waals surface area contributed by atoms with Gasteiger partial charge >= 0.3 is 0 Å². The molecule has 114 valence electrons. The van der Waals surface area contributed by atoms with E-state index in [1.54, 1.807) is 14.2 Å². The molecule has 0 bridgehead atoms. The van der Waals surface area contributed by atoms with Crippen molar-refractivity contribution in [3.8, 4) is 11.5 Å². The maximum absolute atomic E-state index is 12.1. The molecule has 2 aromatic carbocycles. The fourth-order valence-corrected chi connectivity index (χ4v) is 3.38. The van der Waals surface area contributed by atoms with E-state index in [9.17, 15) is 4.79 Å². The molecule has 0 saturated carbocycles. The third kappa shape index (κ3) is 2.57. The summed E-state index contributed by atoms with van der Waals surface area (Å²) >= 11 is 3.58. The SMILES string of the molecule is COc1cc2c(cc1OC)[C@@H](c1ccccc1Br)CC(=O)N2. The van der Waals surface area contributed by atoms with Gasteiger partial charge in [-0.15, -0.1) is 0 Å². The molecule has 0 aromatic heterocycles. The Balaban J connectivity index is 2.16. The molecule has 1 amide bonds. The third-order valence-electron chi connectivity index (χ3n) is 3.88. The Morgan fingerprint density at radius 2 is 1.77 bits per heavy atom. The smallest absolute Gasteiger partial charge is 0.225 e. The van der Waals surface area contributed by atoms with Crippen LogP contribution in [0.2, 0.25) is 0 Å². The van der Waals surface area contributed by atoms with Gasteiger partial charge in [0.15, 0.2) is 11.5 Å². The molecule has 1 aliphatic heterocycles. The van der Waals surface area contributed by atoms with E-state index in [2.05, 4.69) is 21.2 Å². The second-order valence-electron chi connectivity index (χ2n) is 5.12. The van der Waals surface area contributed by atoms with Crippen LogP contribution in [0.3, 0.4) is 0 Å². The van der Waals surface area contributed by atoms with Gasteiger partial charge in [0.2, 0.25) is 5.91 Å². The molecule has 22 heavy (non-hydrogen) atoms. The van der Waals surface area contributed by atoms with E-state index in [0.717, 1.165) is 21.3 Å². The molecule has 0 saturated heterocycles. The van der Waals surface area contributed by atoms with Gasteiger partial charge in [-0.1, -0.05) is 34.1 Å². The Morgan fingerprint density at radius 3 is 2.45 bits per heavy atom. The highest BCUT2D eigenvalue weighted by molar-refractivity contribution is 9.10. The molecule has 0 fully saturated rings. The number of ether oxygens (including phenoxy) is 2. The molecule has 0 unspecified atom stereocenters. The Morgan fingerprint density at radius 1 is 1.09 bits per heavy atom. The van der Waals surface area contributed by atoms with Crippen LogP contribution in [0.5, 0.6) is 11.5 Å². The summed E-state index contributed by atoms with van der Waals surface area (Å²) in [6, 6.07) is 11.7. The lowest BCUT2D eigenvalue weighted by molar-refractivity contribution is -0.116. The number of carbonyl (C=O) groups is 1. The van der Waals surface area contributed by atoms with Gasteiger partial charge in [-0.2, -0.15) is 0 Å². The second-order valence-corrected chi connectivity index (χ2v) is 5.98. The van der Waals surface area contributed by atoms with Crippen LogP contribution in [0.25, 0.3) is 0 Å². The van der Waals surface area contributed by atoms with Crippen LogP contribution >= 0.6 is 15.9 Å². The molecule has 2 aromatic rings. The van der Waals surface area contributed by atoms with Gasteiger partial charge < -0.3 is 14.8 Å². The number of hydrogen-bond donors (Lipinski definition) is 1. The van der Waals surface area contributed by atoms with Gasteiger partial charge in [-0.05, 0) is 23.3 Å². The van der Waals surface area contributed by atoms with E-state index in [1.165, 1.54) is 0 Å². The van der Waals surface area contributed by atoms with E-state index < -0.39 is 0 Å². The molecule has 4 nitrogen and oxygen atoms in total. The molecule has 1 heterocycles. The number of nitrogens with one attached hydrogen (secondary N) is 1. The Labute approximate surface area is 137 Å². The van der Waals surface area contributed by atoms with E-state index in [0.29, 0.717) is 17.9 Å². The lowest BCUT2D eigenvalue weighted by Crippen LogP contribution is -2.23. The van der Waals surface area contributed by atoms with Crippen molar-refractivity contribution in [1.82, 2.24) is 0 Å². The second kappa shape index (κ2) is 6.01. The van der Waals surface area contributed by atoms with E-state index in [1.807, 2.05) is 36.4 Å². The number of benzene rings is 2. The first kappa shape index (κ1) is 14.9. The first-order chi connectivity index (χ1) is 10.6. The van der Waals surface area contributed by atoms with Crippen LogP contribution < -0.4 is 14.8 Å². The summed E-state index contributed by atoms with van der Waals surface area (Å²) in [5.74, 6) is 1.25. The highest BCUT2D eigenvalue weighted by Crippen LogP contribution is 2.44. The third-order valence-corrected chi connectivity index (χ3v) is 4.60. The lowest BCUT2D eigenvalue weighted by Gasteiger charge is -2.27. The first-order valence-electron chi connectivity index (χ1n) is 6.94. The molecule has 3 rings (SSSR count). The summed E-state index contributed by atoms with van der Waals surface area (Å²) in [5, 5.41) is 2.92. The number of carbonyl (C=O) groups excluding carboxylic acids is 1. The van der Waals surface area contributed by atoms with Gasteiger partial charge in [0.1, 0.15) is 0 Å². The van der Waals surface area contributed by atoms with Crippen LogP contribution in [0.4, 0.5) is 5.69 Å². The zero-order valence-corrected chi connectivity index (χ0v) is 13.9. The predicted molar refractivity (Wildman–Crippen MR) is 88.8 cm³/mol. The molecular weight excluding hydrogens is 346 g/mol. The average molecular weight is 362 g/mol. The summed E-state index contributed by atoms with van der Waals surface area (Å²) in [6.07, 6.45) is 0.408. The molecule has 0 aliphatic carbocycles. The molecule has 1 atom stereocenters. The molecule has 1 N–H and O–H groups in total. The number of rotatable bonds is 3. The van der Waals surface area contributed by atoms with E-state index >= 15 is 0 Å². The molecule has 0 radical (unpaired) electrons. The normalized spacial score (nSPS) is 16.7. The van der Waals surface area contributed by atoms with E-state index in [4.69, 9.17) is 9.47 Å². The number of fused-ring (bicyclic) bond motifs is 1. The summed E-state index contributed by atoms with van der Waals surface area (Å²) in [4.78, 5) is 12.1. The van der Waals surface area contributed by atoms with Crippen LogP contribution in [0.15, 0.2) is 40.9 Å². The fourth-order valence-electron chi connectivity index (χ4n) is 2.82. The molecule has 1 aliphatic rings. The minimum absolute atomic E-state index is 0.000438. The van der Waals surface area contributed by atoms with Crippen LogP contribution in [-0.4, -0.2) is 20.1 Å². The standard InChI is InChI=1S/C17H16BrNO3/c1-21-15-7-12-11(10-5-3-4-6-13(10)18)8-17(20)19-14(12)9-16(15)22-2/h3-7,9,11H,8H2,1-2H3,(H,19,20)/t11-/m1/s1. The molecule has 5 heteroatoms. The minimum Gasteiger partial charge on any atom is -0.493 e. The number of methoxy groups -OCH3 is 2. The van der Waals surface area contributed by atoms with Crippen molar-refractivity contribution in [2.24, 2.45) is 0 Å². The Kier molecular flexibility index (Phi) is 4.07. The quantitative estimate of drug-likeness (QED) is 0.900. The Bertz CT molecular complexity index is 730. The van der Waals surface area contributed by atoms with Gasteiger partial charge in [0.05, 0.1) is 14.2 Å². The van der Waals surface area contributed by atoms with Crippen molar-refractivity contribution >= 4 is 27.5 Å². The molecular formula is C17H16BrNO3. The van der Waals surface area contributed by atoms with Crippen LogP contribution in [0.1, 0.15) is 23.5 Å². The monoisotopic (exact) mass is 361 g/mol. The van der Waals surface area contributed by atoms with Crippen molar-refractivity contribution in [2.45, 2.75) is 12.3 Å². The average Bonchev–Trinajstić information content (AvgIpc) is 2.53.